The Morgan fingerprint density at radius 3 is 2.72 bits per heavy atom. The minimum Gasteiger partial charge on any atom is -0.366 e. The van der Waals surface area contributed by atoms with E-state index in [0.717, 1.165) is 21.5 Å². The van der Waals surface area contributed by atoms with Crippen LogP contribution in [0, 0.1) is 0 Å². The van der Waals surface area contributed by atoms with Gasteiger partial charge in [-0.1, -0.05) is 30.3 Å². The Hall–Kier alpha value is -3.78. The number of aromatic amines is 1. The second-order valence-electron chi connectivity index (χ2n) is 6.28. The van der Waals surface area contributed by atoms with Gasteiger partial charge >= 0.3 is 0 Å². The first-order valence-electron chi connectivity index (χ1n) is 8.83. The molecule has 4 N–H and O–H groups in total. The number of aromatic nitrogens is 3. The molecule has 4 rings (SSSR count). The molecule has 0 unspecified atom stereocenters. The Morgan fingerprint density at radius 1 is 1.17 bits per heavy atom. The molecule has 1 aromatic carbocycles. The third-order valence-corrected chi connectivity index (χ3v) is 5.06. The standard InChI is InChI=1S/C21H17N5O2S/c22-20(28)16(13-4-2-1-3-5-13)10-14-12-24-21-15(14)6-7-17(26-21)25-18(27)11-19-23-8-9-29-19/h1-10,12H,11H2,(H2,22,28)(H2,24,25,26,27). The summed E-state index contributed by atoms with van der Waals surface area (Å²) in [5, 5.41) is 6.17. The molecule has 0 saturated heterocycles. The SMILES string of the molecule is NC(=O)C(=Cc1c[nH]c2nc(NC(=O)Cc3nccs3)ccc12)c1ccccc1. The van der Waals surface area contributed by atoms with E-state index in [1.165, 1.54) is 11.3 Å². The average Bonchev–Trinajstić information content (AvgIpc) is 3.36. The predicted molar refractivity (Wildman–Crippen MR) is 114 cm³/mol. The van der Waals surface area contributed by atoms with E-state index in [2.05, 4.69) is 20.3 Å². The number of fused-ring (bicyclic) bond motifs is 1. The number of carbonyl (C=O) groups excluding carboxylic acids is 2. The Labute approximate surface area is 170 Å². The van der Waals surface area contributed by atoms with E-state index in [1.54, 1.807) is 24.5 Å². The highest BCUT2D eigenvalue weighted by atomic mass is 32.1. The van der Waals surface area contributed by atoms with Crippen molar-refractivity contribution in [1.29, 1.82) is 0 Å². The number of rotatable bonds is 6. The third-order valence-electron chi connectivity index (χ3n) is 4.28. The monoisotopic (exact) mass is 403 g/mol. The van der Waals surface area contributed by atoms with Gasteiger partial charge in [0.1, 0.15) is 16.5 Å². The summed E-state index contributed by atoms with van der Waals surface area (Å²) in [6.07, 6.45) is 5.36. The molecule has 2 amide bonds. The summed E-state index contributed by atoms with van der Waals surface area (Å²) in [6, 6.07) is 12.8. The molecule has 3 aromatic heterocycles. The summed E-state index contributed by atoms with van der Waals surface area (Å²) in [4.78, 5) is 35.7. The first kappa shape index (κ1) is 18.6. The first-order chi connectivity index (χ1) is 14.1. The number of hydrogen-bond donors (Lipinski definition) is 3. The van der Waals surface area contributed by atoms with Gasteiger partial charge in [0, 0.05) is 34.3 Å². The van der Waals surface area contributed by atoms with Gasteiger partial charge in [-0.05, 0) is 23.8 Å². The molecule has 8 heteroatoms. The maximum absolute atomic E-state index is 12.1. The van der Waals surface area contributed by atoms with E-state index in [9.17, 15) is 9.59 Å². The summed E-state index contributed by atoms with van der Waals surface area (Å²) >= 11 is 1.43. The molecule has 3 heterocycles. The van der Waals surface area contributed by atoms with Gasteiger partial charge in [-0.3, -0.25) is 9.59 Å². The van der Waals surface area contributed by atoms with E-state index in [0.29, 0.717) is 17.0 Å². The molecule has 0 bridgehead atoms. The van der Waals surface area contributed by atoms with Gasteiger partial charge in [0.05, 0.1) is 6.42 Å². The second kappa shape index (κ2) is 8.07. The highest BCUT2D eigenvalue weighted by Gasteiger charge is 2.12. The van der Waals surface area contributed by atoms with E-state index in [-0.39, 0.29) is 12.3 Å². The van der Waals surface area contributed by atoms with E-state index >= 15 is 0 Å². The molecule has 0 radical (unpaired) electrons. The smallest absolute Gasteiger partial charge is 0.249 e. The van der Waals surface area contributed by atoms with Crippen LogP contribution in [0.1, 0.15) is 16.1 Å². The molecule has 0 fully saturated rings. The average molecular weight is 403 g/mol. The number of amides is 2. The molecule has 0 spiro atoms. The lowest BCUT2D eigenvalue weighted by Gasteiger charge is -2.04. The number of H-pyrrole nitrogens is 1. The molecule has 0 saturated carbocycles. The van der Waals surface area contributed by atoms with Crippen molar-refractivity contribution in [2.75, 3.05) is 5.32 Å². The fourth-order valence-corrected chi connectivity index (χ4v) is 3.56. The Bertz CT molecular complexity index is 1200. The van der Waals surface area contributed by atoms with Crippen LogP contribution < -0.4 is 11.1 Å². The summed E-state index contributed by atoms with van der Waals surface area (Å²) in [5.41, 5.74) is 8.11. The van der Waals surface area contributed by atoms with Gasteiger partial charge in [0.2, 0.25) is 11.8 Å². The van der Waals surface area contributed by atoms with Gasteiger partial charge in [-0.25, -0.2) is 9.97 Å². The zero-order valence-electron chi connectivity index (χ0n) is 15.3. The fourth-order valence-electron chi connectivity index (χ4n) is 2.95. The summed E-state index contributed by atoms with van der Waals surface area (Å²) in [6.45, 7) is 0. The van der Waals surface area contributed by atoms with Crippen LogP contribution in [0.2, 0.25) is 0 Å². The zero-order chi connectivity index (χ0) is 20.2. The van der Waals surface area contributed by atoms with E-state index < -0.39 is 5.91 Å². The van der Waals surface area contributed by atoms with Gasteiger partial charge in [0.25, 0.3) is 0 Å². The molecule has 0 aliphatic rings. The van der Waals surface area contributed by atoms with Gasteiger partial charge in [0.15, 0.2) is 0 Å². The van der Waals surface area contributed by atoms with Crippen molar-refractivity contribution >= 4 is 51.7 Å². The second-order valence-corrected chi connectivity index (χ2v) is 7.25. The van der Waals surface area contributed by atoms with Crippen LogP contribution in [0.15, 0.2) is 60.2 Å². The molecular formula is C21H17N5O2S. The zero-order valence-corrected chi connectivity index (χ0v) is 16.1. The molecular weight excluding hydrogens is 386 g/mol. The lowest BCUT2D eigenvalue weighted by atomic mass is 10.0. The number of pyridine rings is 1. The Kier molecular flexibility index (Phi) is 5.17. The minimum atomic E-state index is -0.510. The van der Waals surface area contributed by atoms with Gasteiger partial charge < -0.3 is 16.0 Å². The molecule has 0 aliphatic heterocycles. The molecule has 4 aromatic rings. The summed E-state index contributed by atoms with van der Waals surface area (Å²) < 4.78 is 0. The van der Waals surface area contributed by atoms with Gasteiger partial charge in [-0.2, -0.15) is 0 Å². The van der Waals surface area contributed by atoms with Gasteiger partial charge in [-0.15, -0.1) is 11.3 Å². The Balaban J connectivity index is 1.59. The maximum Gasteiger partial charge on any atom is 0.249 e. The summed E-state index contributed by atoms with van der Waals surface area (Å²) in [7, 11) is 0. The number of anilines is 1. The highest BCUT2D eigenvalue weighted by Crippen LogP contribution is 2.24. The van der Waals surface area contributed by atoms with Crippen molar-refractivity contribution in [3.8, 4) is 0 Å². The van der Waals surface area contributed by atoms with Crippen molar-refractivity contribution < 1.29 is 9.59 Å². The highest BCUT2D eigenvalue weighted by molar-refractivity contribution is 7.09. The lowest BCUT2D eigenvalue weighted by molar-refractivity contribution is -0.115. The minimum absolute atomic E-state index is 0.182. The number of primary amides is 1. The van der Waals surface area contributed by atoms with Crippen LogP contribution >= 0.6 is 11.3 Å². The quantitative estimate of drug-likeness (QED) is 0.429. The number of carbonyl (C=O) groups is 2. The third kappa shape index (κ3) is 4.22. The van der Waals surface area contributed by atoms with Crippen molar-refractivity contribution in [2.45, 2.75) is 6.42 Å². The van der Waals surface area contributed by atoms with Crippen LogP contribution in [-0.4, -0.2) is 26.8 Å². The maximum atomic E-state index is 12.1. The van der Waals surface area contributed by atoms with Crippen LogP contribution in [0.5, 0.6) is 0 Å². The van der Waals surface area contributed by atoms with Crippen molar-refractivity contribution in [3.63, 3.8) is 0 Å². The molecule has 0 aliphatic carbocycles. The first-order valence-corrected chi connectivity index (χ1v) is 9.71. The van der Waals surface area contributed by atoms with Crippen molar-refractivity contribution in [1.82, 2.24) is 15.0 Å². The number of benzene rings is 1. The number of nitrogens with two attached hydrogens (primary N) is 1. The number of nitrogens with one attached hydrogen (secondary N) is 2. The van der Waals surface area contributed by atoms with Crippen molar-refractivity contribution in [3.05, 3.63) is 76.4 Å². The van der Waals surface area contributed by atoms with Crippen LogP contribution in [0.25, 0.3) is 22.7 Å². The topological polar surface area (TPSA) is 114 Å². The molecule has 144 valence electrons. The lowest BCUT2D eigenvalue weighted by Crippen LogP contribution is -2.15. The summed E-state index contributed by atoms with van der Waals surface area (Å²) in [5.74, 6) is -0.252. The van der Waals surface area contributed by atoms with Crippen molar-refractivity contribution in [2.24, 2.45) is 5.73 Å². The van der Waals surface area contributed by atoms with E-state index in [4.69, 9.17) is 5.73 Å². The van der Waals surface area contributed by atoms with Crippen LogP contribution in [-0.2, 0) is 16.0 Å². The molecule has 0 atom stereocenters. The largest absolute Gasteiger partial charge is 0.366 e. The number of hydrogen-bond acceptors (Lipinski definition) is 5. The number of thiazole rings is 1. The fraction of sp³-hybridized carbons (Fsp3) is 0.0476. The number of nitrogens with zero attached hydrogens (tertiary/aromatic N) is 2. The van der Waals surface area contributed by atoms with E-state index in [1.807, 2.05) is 41.8 Å². The van der Waals surface area contributed by atoms with Crippen LogP contribution in [0.3, 0.4) is 0 Å². The molecule has 29 heavy (non-hydrogen) atoms. The predicted octanol–water partition coefficient (Wildman–Crippen LogP) is 3.23. The normalized spacial score (nSPS) is 11.5. The van der Waals surface area contributed by atoms with Crippen LogP contribution in [0.4, 0.5) is 5.82 Å². The Morgan fingerprint density at radius 2 is 2.00 bits per heavy atom. The molecule has 7 nitrogen and oxygen atoms in total.